The molecule has 17 heavy (non-hydrogen) atoms. The third-order valence-electron chi connectivity index (χ3n) is 1.90. The number of hydrogen-bond acceptors (Lipinski definition) is 2. The largest absolute Gasteiger partial charge is 0.390 e. The summed E-state index contributed by atoms with van der Waals surface area (Å²) in [6, 6.07) is 1.64. The van der Waals surface area contributed by atoms with Crippen LogP contribution in [0.5, 0.6) is 0 Å². The van der Waals surface area contributed by atoms with E-state index in [9.17, 15) is 30.4 Å². The van der Waals surface area contributed by atoms with E-state index in [1.807, 2.05) is 0 Å². The van der Waals surface area contributed by atoms with Crippen LogP contribution in [0.2, 0.25) is 0 Å². The van der Waals surface area contributed by atoms with Crippen molar-refractivity contribution >= 4 is 9.84 Å². The van der Waals surface area contributed by atoms with Crippen LogP contribution in [0.25, 0.3) is 0 Å². The first-order chi connectivity index (χ1) is 7.62. The van der Waals surface area contributed by atoms with Gasteiger partial charge in [0.05, 0.1) is 17.1 Å². The molecule has 1 rings (SSSR count). The van der Waals surface area contributed by atoms with Gasteiger partial charge >= 0.3 is 6.18 Å². The maximum Gasteiger partial charge on any atom is 0.390 e. The number of alkyl halides is 3. The SMILES string of the molecule is O=S(=O)(CCC(F)(F)F)c1ccc(F)c(F)c1. The summed E-state index contributed by atoms with van der Waals surface area (Å²) in [6.07, 6.45) is -6.15. The molecule has 0 amide bonds. The summed E-state index contributed by atoms with van der Waals surface area (Å²) in [5, 5.41) is 0. The molecular formula is C9H7F5O2S. The van der Waals surface area contributed by atoms with Gasteiger partial charge in [0, 0.05) is 0 Å². The quantitative estimate of drug-likeness (QED) is 0.627. The molecule has 0 aliphatic rings. The Hall–Kier alpha value is -1.18. The topological polar surface area (TPSA) is 34.1 Å². The monoisotopic (exact) mass is 274 g/mol. The van der Waals surface area contributed by atoms with Crippen molar-refractivity contribution in [2.24, 2.45) is 0 Å². The molecule has 2 nitrogen and oxygen atoms in total. The Bertz CT molecular complexity index is 507. The fourth-order valence-corrected chi connectivity index (χ4v) is 2.33. The Morgan fingerprint density at radius 1 is 1.06 bits per heavy atom. The molecule has 0 saturated carbocycles. The van der Waals surface area contributed by atoms with Gasteiger partial charge in [0.15, 0.2) is 21.5 Å². The minimum atomic E-state index is -4.62. The highest BCUT2D eigenvalue weighted by atomic mass is 32.2. The van der Waals surface area contributed by atoms with E-state index in [-0.39, 0.29) is 0 Å². The van der Waals surface area contributed by atoms with Gasteiger partial charge in [0.1, 0.15) is 0 Å². The number of rotatable bonds is 3. The lowest BCUT2D eigenvalue weighted by Crippen LogP contribution is -2.16. The van der Waals surface area contributed by atoms with Crippen molar-refractivity contribution in [1.29, 1.82) is 0 Å². The molecule has 1 aromatic rings. The average molecular weight is 274 g/mol. The van der Waals surface area contributed by atoms with Crippen molar-refractivity contribution in [2.45, 2.75) is 17.5 Å². The van der Waals surface area contributed by atoms with Gasteiger partial charge in [-0.3, -0.25) is 0 Å². The van der Waals surface area contributed by atoms with Gasteiger partial charge in [0.2, 0.25) is 0 Å². The number of halogens is 5. The fraction of sp³-hybridized carbons (Fsp3) is 0.333. The number of hydrogen-bond donors (Lipinski definition) is 0. The van der Waals surface area contributed by atoms with Gasteiger partial charge in [-0.1, -0.05) is 0 Å². The van der Waals surface area contributed by atoms with Gasteiger partial charge < -0.3 is 0 Å². The first-order valence-corrected chi connectivity index (χ1v) is 6.01. The highest BCUT2D eigenvalue weighted by Gasteiger charge is 2.30. The second-order valence-corrected chi connectivity index (χ2v) is 5.37. The molecule has 0 unspecified atom stereocenters. The van der Waals surface area contributed by atoms with Crippen molar-refractivity contribution in [3.63, 3.8) is 0 Å². The molecule has 0 aliphatic carbocycles. The van der Waals surface area contributed by atoms with Crippen LogP contribution in [-0.2, 0) is 9.84 Å². The predicted molar refractivity (Wildman–Crippen MR) is 49.1 cm³/mol. The average Bonchev–Trinajstić information content (AvgIpc) is 2.18. The highest BCUT2D eigenvalue weighted by molar-refractivity contribution is 7.91. The van der Waals surface area contributed by atoms with Gasteiger partial charge in [-0.2, -0.15) is 13.2 Å². The minimum Gasteiger partial charge on any atom is -0.224 e. The lowest BCUT2D eigenvalue weighted by Gasteiger charge is -2.07. The van der Waals surface area contributed by atoms with E-state index in [0.717, 1.165) is 6.07 Å². The van der Waals surface area contributed by atoms with Crippen LogP contribution in [0.15, 0.2) is 23.1 Å². The van der Waals surface area contributed by atoms with Crippen LogP contribution >= 0.6 is 0 Å². The molecule has 8 heteroatoms. The van der Waals surface area contributed by atoms with E-state index in [2.05, 4.69) is 0 Å². The Morgan fingerprint density at radius 3 is 2.12 bits per heavy atom. The third-order valence-corrected chi connectivity index (χ3v) is 3.62. The normalized spacial score (nSPS) is 12.8. The van der Waals surface area contributed by atoms with Crippen molar-refractivity contribution in [1.82, 2.24) is 0 Å². The zero-order chi connectivity index (χ0) is 13.3. The van der Waals surface area contributed by atoms with Gasteiger partial charge in [-0.15, -0.1) is 0 Å². The van der Waals surface area contributed by atoms with E-state index in [0.29, 0.717) is 12.1 Å². The molecular weight excluding hydrogens is 267 g/mol. The Morgan fingerprint density at radius 2 is 1.65 bits per heavy atom. The zero-order valence-electron chi connectivity index (χ0n) is 8.26. The van der Waals surface area contributed by atoms with E-state index in [1.165, 1.54) is 0 Å². The van der Waals surface area contributed by atoms with E-state index >= 15 is 0 Å². The molecule has 0 aromatic heterocycles. The maximum atomic E-state index is 12.7. The summed E-state index contributed by atoms with van der Waals surface area (Å²) in [7, 11) is -4.26. The van der Waals surface area contributed by atoms with Crippen molar-refractivity contribution in [3.05, 3.63) is 29.8 Å². The minimum absolute atomic E-state index is 0.362. The molecule has 0 radical (unpaired) electrons. The molecule has 0 saturated heterocycles. The van der Waals surface area contributed by atoms with Gasteiger partial charge in [-0.05, 0) is 18.2 Å². The van der Waals surface area contributed by atoms with Crippen LogP contribution in [0.4, 0.5) is 22.0 Å². The fourth-order valence-electron chi connectivity index (χ4n) is 1.04. The van der Waals surface area contributed by atoms with Crippen LogP contribution < -0.4 is 0 Å². The van der Waals surface area contributed by atoms with Crippen LogP contribution in [-0.4, -0.2) is 20.3 Å². The van der Waals surface area contributed by atoms with Crippen LogP contribution in [0.1, 0.15) is 6.42 Å². The first kappa shape index (κ1) is 13.9. The molecule has 0 fully saturated rings. The second-order valence-electron chi connectivity index (χ2n) is 3.26. The van der Waals surface area contributed by atoms with Crippen LogP contribution in [0, 0.1) is 11.6 Å². The molecule has 0 spiro atoms. The molecule has 0 heterocycles. The summed E-state index contributed by atoms with van der Waals surface area (Å²) >= 11 is 0. The Kier molecular flexibility index (Phi) is 3.75. The molecule has 0 aliphatic heterocycles. The van der Waals surface area contributed by atoms with Gasteiger partial charge in [-0.25, -0.2) is 17.2 Å². The Balaban J connectivity index is 2.94. The lowest BCUT2D eigenvalue weighted by molar-refractivity contribution is -0.129. The Labute approximate surface area is 94.0 Å². The first-order valence-electron chi connectivity index (χ1n) is 4.36. The summed E-state index contributed by atoms with van der Waals surface area (Å²) < 4.78 is 83.5. The van der Waals surface area contributed by atoms with E-state index in [1.54, 1.807) is 0 Å². The van der Waals surface area contributed by atoms with E-state index in [4.69, 9.17) is 0 Å². The second kappa shape index (κ2) is 4.59. The summed E-state index contributed by atoms with van der Waals surface area (Å²) in [4.78, 5) is -0.666. The smallest absolute Gasteiger partial charge is 0.224 e. The molecule has 0 atom stereocenters. The summed E-state index contributed by atoms with van der Waals surface area (Å²) in [6.45, 7) is 0. The van der Waals surface area contributed by atoms with E-state index < -0.39 is 44.7 Å². The predicted octanol–water partition coefficient (Wildman–Crippen LogP) is 2.69. The van der Waals surface area contributed by atoms with Gasteiger partial charge in [0.25, 0.3) is 0 Å². The standard InChI is InChI=1S/C9H7F5O2S/c10-7-2-1-6(5-8(7)11)17(15,16)4-3-9(12,13)14/h1-2,5H,3-4H2. The summed E-state index contributed by atoms with van der Waals surface area (Å²) in [5.41, 5.74) is 0. The van der Waals surface area contributed by atoms with Crippen molar-refractivity contribution < 1.29 is 30.4 Å². The van der Waals surface area contributed by atoms with Crippen molar-refractivity contribution in [3.8, 4) is 0 Å². The molecule has 96 valence electrons. The number of sulfone groups is 1. The molecule has 1 aromatic carbocycles. The van der Waals surface area contributed by atoms with Crippen LogP contribution in [0.3, 0.4) is 0 Å². The number of benzene rings is 1. The molecule has 0 N–H and O–H groups in total. The maximum absolute atomic E-state index is 12.7. The third kappa shape index (κ3) is 3.95. The zero-order valence-corrected chi connectivity index (χ0v) is 9.08. The molecule has 0 bridgehead atoms. The lowest BCUT2D eigenvalue weighted by atomic mass is 10.3. The summed E-state index contributed by atoms with van der Waals surface area (Å²) in [5.74, 6) is -3.88. The van der Waals surface area contributed by atoms with Crippen molar-refractivity contribution in [2.75, 3.05) is 5.75 Å². The highest BCUT2D eigenvalue weighted by Crippen LogP contribution is 2.23.